The third kappa shape index (κ3) is 6.00. The highest BCUT2D eigenvalue weighted by Gasteiger charge is 2.39. The van der Waals surface area contributed by atoms with E-state index in [0.717, 1.165) is 25.9 Å². The summed E-state index contributed by atoms with van der Waals surface area (Å²) >= 11 is 6.59. The number of amides is 1. The average Bonchev–Trinajstić information content (AvgIpc) is 3.13. The maximum Gasteiger partial charge on any atom is 0.259 e. The standard InChI is InChI=1S/C27H40ClN5O2/c1-6-35-21-9-7-8-20(29-21)23-22(24(28)31(5)30-23)25(34)33-18-13-27(14-19-33)11-16-32(17-12-27)15-10-26(2,3)4/h7-9H,6,10-19H2,1-5H3. The molecular formula is C27H40ClN5O2. The first-order valence-electron chi connectivity index (χ1n) is 13.0. The fourth-order valence-electron chi connectivity index (χ4n) is 5.23. The molecule has 2 aliphatic heterocycles. The molecule has 0 atom stereocenters. The lowest BCUT2D eigenvalue weighted by Gasteiger charge is -2.47. The predicted molar refractivity (Wildman–Crippen MR) is 140 cm³/mol. The van der Waals surface area contributed by atoms with Crippen molar-refractivity contribution < 1.29 is 9.53 Å². The third-order valence-electron chi connectivity index (χ3n) is 7.66. The Kier molecular flexibility index (Phi) is 7.77. The zero-order valence-electron chi connectivity index (χ0n) is 21.9. The van der Waals surface area contributed by atoms with E-state index in [1.165, 1.54) is 38.9 Å². The van der Waals surface area contributed by atoms with Gasteiger partial charge in [-0.2, -0.15) is 5.10 Å². The van der Waals surface area contributed by atoms with Gasteiger partial charge in [0.05, 0.1) is 12.3 Å². The number of hydrogen-bond acceptors (Lipinski definition) is 5. The quantitative estimate of drug-likeness (QED) is 0.538. The van der Waals surface area contributed by atoms with E-state index < -0.39 is 0 Å². The van der Waals surface area contributed by atoms with Crippen LogP contribution in [0.2, 0.25) is 5.15 Å². The number of ether oxygens (including phenoxy) is 1. The van der Waals surface area contributed by atoms with Crippen LogP contribution in [0.25, 0.3) is 11.4 Å². The number of halogens is 1. The van der Waals surface area contributed by atoms with Crippen LogP contribution < -0.4 is 4.74 Å². The summed E-state index contributed by atoms with van der Waals surface area (Å²) in [6.45, 7) is 14.4. The summed E-state index contributed by atoms with van der Waals surface area (Å²) in [6, 6.07) is 5.51. The Balaban J connectivity index is 1.42. The Morgan fingerprint density at radius 2 is 1.77 bits per heavy atom. The molecule has 0 aromatic carbocycles. The van der Waals surface area contributed by atoms with Crippen molar-refractivity contribution in [3.8, 4) is 17.3 Å². The van der Waals surface area contributed by atoms with Gasteiger partial charge in [-0.1, -0.05) is 38.4 Å². The molecule has 0 unspecified atom stereocenters. The Labute approximate surface area is 214 Å². The van der Waals surface area contributed by atoms with Crippen LogP contribution in [0.4, 0.5) is 0 Å². The number of aromatic nitrogens is 3. The molecule has 2 saturated heterocycles. The lowest BCUT2D eigenvalue weighted by molar-refractivity contribution is 0.0283. The molecule has 0 bridgehead atoms. The minimum absolute atomic E-state index is 0.0563. The van der Waals surface area contributed by atoms with Gasteiger partial charge in [-0.25, -0.2) is 4.98 Å². The van der Waals surface area contributed by atoms with Gasteiger partial charge in [0, 0.05) is 26.2 Å². The van der Waals surface area contributed by atoms with Crippen LogP contribution in [0.5, 0.6) is 5.88 Å². The SMILES string of the molecule is CCOc1cccc(-c2nn(C)c(Cl)c2C(=O)N2CCC3(CCN(CCC(C)(C)C)CC3)CC2)n1. The molecule has 2 aromatic rings. The molecule has 0 radical (unpaired) electrons. The monoisotopic (exact) mass is 501 g/mol. The lowest BCUT2D eigenvalue weighted by Crippen LogP contribution is -2.48. The third-order valence-corrected chi connectivity index (χ3v) is 8.09. The van der Waals surface area contributed by atoms with Crippen molar-refractivity contribution in [2.75, 3.05) is 39.3 Å². The van der Waals surface area contributed by atoms with Crippen molar-refractivity contribution in [3.63, 3.8) is 0 Å². The highest BCUT2D eigenvalue weighted by molar-refractivity contribution is 6.33. The molecule has 2 aromatic heterocycles. The maximum atomic E-state index is 13.7. The number of pyridine rings is 1. The van der Waals surface area contributed by atoms with Crippen LogP contribution in [0, 0.1) is 10.8 Å². The smallest absolute Gasteiger partial charge is 0.259 e. The lowest BCUT2D eigenvalue weighted by atomic mass is 9.71. The van der Waals surface area contributed by atoms with Gasteiger partial charge in [-0.05, 0) is 75.6 Å². The Hall–Kier alpha value is -2.12. The van der Waals surface area contributed by atoms with E-state index in [1.807, 2.05) is 24.0 Å². The summed E-state index contributed by atoms with van der Waals surface area (Å²) < 4.78 is 7.10. The van der Waals surface area contributed by atoms with Gasteiger partial charge in [-0.15, -0.1) is 0 Å². The topological polar surface area (TPSA) is 63.5 Å². The summed E-state index contributed by atoms with van der Waals surface area (Å²) in [4.78, 5) is 22.8. The first-order valence-corrected chi connectivity index (χ1v) is 13.3. The second-order valence-electron chi connectivity index (χ2n) is 11.4. The molecule has 0 saturated carbocycles. The van der Waals surface area contributed by atoms with Crippen LogP contribution in [-0.2, 0) is 7.05 Å². The van der Waals surface area contributed by atoms with Gasteiger partial charge in [0.1, 0.15) is 16.4 Å². The summed E-state index contributed by atoms with van der Waals surface area (Å²) in [7, 11) is 1.76. The Bertz CT molecular complexity index is 1030. The predicted octanol–water partition coefficient (Wildman–Crippen LogP) is 5.29. The molecule has 8 heteroatoms. The first kappa shape index (κ1) is 26.0. The molecule has 192 valence electrons. The van der Waals surface area contributed by atoms with E-state index >= 15 is 0 Å². The number of likely N-dealkylation sites (tertiary alicyclic amines) is 2. The first-order chi connectivity index (χ1) is 16.6. The molecule has 35 heavy (non-hydrogen) atoms. The fraction of sp³-hybridized carbons (Fsp3) is 0.667. The van der Waals surface area contributed by atoms with Gasteiger partial charge < -0.3 is 14.5 Å². The summed E-state index contributed by atoms with van der Waals surface area (Å²) in [5.41, 5.74) is 2.29. The van der Waals surface area contributed by atoms with Crippen molar-refractivity contribution in [1.29, 1.82) is 0 Å². The normalized spacial score (nSPS) is 18.7. The van der Waals surface area contributed by atoms with Crippen molar-refractivity contribution in [1.82, 2.24) is 24.6 Å². The molecule has 4 heterocycles. The van der Waals surface area contributed by atoms with Crippen LogP contribution in [0.1, 0.15) is 70.2 Å². The van der Waals surface area contributed by atoms with E-state index in [0.29, 0.717) is 45.4 Å². The van der Waals surface area contributed by atoms with Gasteiger partial charge in [-0.3, -0.25) is 9.48 Å². The van der Waals surface area contributed by atoms with Crippen LogP contribution >= 0.6 is 11.6 Å². The average molecular weight is 502 g/mol. The number of nitrogens with zero attached hydrogens (tertiary/aromatic N) is 5. The van der Waals surface area contributed by atoms with Crippen LogP contribution in [0.3, 0.4) is 0 Å². The number of hydrogen-bond donors (Lipinski definition) is 0. The minimum Gasteiger partial charge on any atom is -0.478 e. The maximum absolute atomic E-state index is 13.7. The molecule has 2 aliphatic rings. The van der Waals surface area contributed by atoms with Crippen molar-refractivity contribution in [2.24, 2.45) is 17.9 Å². The molecule has 0 aliphatic carbocycles. The van der Waals surface area contributed by atoms with E-state index in [2.05, 4.69) is 35.8 Å². The van der Waals surface area contributed by atoms with Crippen molar-refractivity contribution in [2.45, 2.75) is 59.8 Å². The Morgan fingerprint density at radius 3 is 2.40 bits per heavy atom. The number of carbonyl (C=O) groups is 1. The highest BCUT2D eigenvalue weighted by atomic mass is 35.5. The number of piperidine rings is 2. The fourth-order valence-corrected chi connectivity index (χ4v) is 5.44. The largest absolute Gasteiger partial charge is 0.478 e. The van der Waals surface area contributed by atoms with Crippen LogP contribution in [0.15, 0.2) is 18.2 Å². The highest BCUT2D eigenvalue weighted by Crippen LogP contribution is 2.42. The van der Waals surface area contributed by atoms with E-state index in [9.17, 15) is 4.79 Å². The second-order valence-corrected chi connectivity index (χ2v) is 11.7. The molecule has 2 fully saturated rings. The number of aryl methyl sites for hydroxylation is 1. The summed E-state index contributed by atoms with van der Waals surface area (Å²) in [5, 5.41) is 4.89. The molecular weight excluding hydrogens is 462 g/mol. The zero-order chi connectivity index (χ0) is 25.2. The van der Waals surface area contributed by atoms with Gasteiger partial charge >= 0.3 is 0 Å². The van der Waals surface area contributed by atoms with Gasteiger partial charge in [0.15, 0.2) is 0 Å². The van der Waals surface area contributed by atoms with E-state index in [4.69, 9.17) is 16.3 Å². The molecule has 1 spiro atoms. The molecule has 1 amide bonds. The van der Waals surface area contributed by atoms with Crippen molar-refractivity contribution >= 4 is 17.5 Å². The molecule has 7 nitrogen and oxygen atoms in total. The summed E-state index contributed by atoms with van der Waals surface area (Å²) in [6.07, 6.45) is 5.80. The van der Waals surface area contributed by atoms with E-state index in [-0.39, 0.29) is 5.91 Å². The minimum atomic E-state index is -0.0563. The van der Waals surface area contributed by atoms with Crippen LogP contribution in [-0.4, -0.2) is 69.8 Å². The Morgan fingerprint density at radius 1 is 1.11 bits per heavy atom. The number of rotatable bonds is 6. The zero-order valence-corrected chi connectivity index (χ0v) is 22.7. The van der Waals surface area contributed by atoms with E-state index in [1.54, 1.807) is 17.8 Å². The van der Waals surface area contributed by atoms with Gasteiger partial charge in [0.2, 0.25) is 5.88 Å². The molecule has 0 N–H and O–H groups in total. The second kappa shape index (κ2) is 10.5. The van der Waals surface area contributed by atoms with Crippen molar-refractivity contribution in [3.05, 3.63) is 28.9 Å². The molecule has 4 rings (SSSR count). The van der Waals surface area contributed by atoms with Gasteiger partial charge in [0.25, 0.3) is 5.91 Å². The summed E-state index contributed by atoms with van der Waals surface area (Å²) in [5.74, 6) is 0.457. The number of carbonyl (C=O) groups excluding carboxylic acids is 1.